The van der Waals surface area contributed by atoms with E-state index in [4.69, 9.17) is 4.74 Å². The highest BCUT2D eigenvalue weighted by Gasteiger charge is 2.25. The first-order valence-electron chi connectivity index (χ1n) is 7.21. The molecule has 0 saturated carbocycles. The predicted octanol–water partition coefficient (Wildman–Crippen LogP) is 0.670. The van der Waals surface area contributed by atoms with E-state index in [1.54, 1.807) is 6.20 Å². The number of hydrogen-bond donors (Lipinski definition) is 1. The summed E-state index contributed by atoms with van der Waals surface area (Å²) in [6.07, 6.45) is 3.71. The van der Waals surface area contributed by atoms with Gasteiger partial charge in [0.2, 0.25) is 5.91 Å². The van der Waals surface area contributed by atoms with E-state index in [1.807, 2.05) is 28.8 Å². The summed E-state index contributed by atoms with van der Waals surface area (Å²) in [6.45, 7) is 8.74. The third-order valence-corrected chi connectivity index (χ3v) is 3.87. The van der Waals surface area contributed by atoms with Gasteiger partial charge in [0.1, 0.15) is 0 Å². The molecule has 1 aromatic heterocycles. The van der Waals surface area contributed by atoms with Crippen molar-refractivity contribution in [2.45, 2.75) is 38.9 Å². The normalized spacial score (nSPS) is 20.4. The van der Waals surface area contributed by atoms with E-state index in [0.717, 1.165) is 0 Å². The minimum absolute atomic E-state index is 0.146. The number of aromatic nitrogens is 2. The summed E-state index contributed by atoms with van der Waals surface area (Å²) in [5.74, 6) is 0.146. The molecule has 1 saturated heterocycles. The van der Waals surface area contributed by atoms with Crippen LogP contribution in [0.25, 0.3) is 0 Å². The third-order valence-electron chi connectivity index (χ3n) is 3.87. The van der Waals surface area contributed by atoms with E-state index >= 15 is 0 Å². The first-order valence-corrected chi connectivity index (χ1v) is 7.21. The fourth-order valence-electron chi connectivity index (χ4n) is 2.41. The van der Waals surface area contributed by atoms with E-state index in [0.29, 0.717) is 26.3 Å². The van der Waals surface area contributed by atoms with Crippen molar-refractivity contribution < 1.29 is 9.53 Å². The monoisotopic (exact) mass is 280 g/mol. The van der Waals surface area contributed by atoms with Crippen LogP contribution in [0.4, 0.5) is 0 Å². The molecule has 1 fully saturated rings. The molecule has 0 spiro atoms. The van der Waals surface area contributed by atoms with Gasteiger partial charge in [-0.3, -0.25) is 9.48 Å². The summed E-state index contributed by atoms with van der Waals surface area (Å²) in [4.78, 5) is 14.2. The van der Waals surface area contributed by atoms with Crippen molar-refractivity contribution in [3.05, 3.63) is 18.5 Å². The number of morpholine rings is 1. The van der Waals surface area contributed by atoms with Gasteiger partial charge in [-0.1, -0.05) is 0 Å². The second-order valence-electron chi connectivity index (χ2n) is 5.34. The average molecular weight is 280 g/mol. The quantitative estimate of drug-likeness (QED) is 0.861. The molecule has 0 aliphatic carbocycles. The van der Waals surface area contributed by atoms with Crippen LogP contribution in [0.15, 0.2) is 18.5 Å². The summed E-state index contributed by atoms with van der Waals surface area (Å²) in [6, 6.07) is 2.08. The number of nitrogens with zero attached hydrogens (tertiary/aromatic N) is 3. The summed E-state index contributed by atoms with van der Waals surface area (Å²) < 4.78 is 7.18. The van der Waals surface area contributed by atoms with E-state index in [9.17, 15) is 4.79 Å². The number of rotatable bonds is 5. The molecule has 0 radical (unpaired) electrons. The Morgan fingerprint density at radius 1 is 1.30 bits per heavy atom. The lowest BCUT2D eigenvalue weighted by Gasteiger charge is -2.31. The van der Waals surface area contributed by atoms with Crippen LogP contribution < -0.4 is 5.32 Å². The molecular weight excluding hydrogens is 256 g/mol. The smallest absolute Gasteiger partial charge is 0.239 e. The van der Waals surface area contributed by atoms with Gasteiger partial charge in [0, 0.05) is 31.5 Å². The van der Waals surface area contributed by atoms with Gasteiger partial charge in [0.15, 0.2) is 0 Å². The molecular formula is C14H24N4O2. The van der Waals surface area contributed by atoms with Gasteiger partial charge in [-0.05, 0) is 26.8 Å². The van der Waals surface area contributed by atoms with Crippen molar-refractivity contribution in [3.8, 4) is 0 Å². The first-order chi connectivity index (χ1) is 9.59. The Morgan fingerprint density at radius 3 is 2.60 bits per heavy atom. The summed E-state index contributed by atoms with van der Waals surface area (Å²) >= 11 is 0. The zero-order valence-corrected chi connectivity index (χ0v) is 12.5. The van der Waals surface area contributed by atoms with Gasteiger partial charge in [-0.15, -0.1) is 0 Å². The highest BCUT2D eigenvalue weighted by molar-refractivity contribution is 5.81. The minimum Gasteiger partial charge on any atom is -0.378 e. The fraction of sp³-hybridized carbons (Fsp3) is 0.714. The van der Waals surface area contributed by atoms with Crippen LogP contribution in [0.1, 0.15) is 26.8 Å². The van der Waals surface area contributed by atoms with E-state index in [1.165, 1.54) is 0 Å². The molecule has 0 bridgehead atoms. The maximum absolute atomic E-state index is 12.3. The SMILES string of the molecule is CC(NC(C)C(C)n1cccn1)C(=O)N1CCOCC1. The van der Waals surface area contributed by atoms with Gasteiger partial charge in [0.05, 0.1) is 25.3 Å². The van der Waals surface area contributed by atoms with Crippen molar-refractivity contribution in [2.75, 3.05) is 26.3 Å². The van der Waals surface area contributed by atoms with Gasteiger partial charge in [0.25, 0.3) is 0 Å². The molecule has 2 rings (SSSR count). The van der Waals surface area contributed by atoms with Crippen LogP contribution in [0.5, 0.6) is 0 Å². The Bertz CT molecular complexity index is 415. The van der Waals surface area contributed by atoms with Crippen LogP contribution in [0, 0.1) is 0 Å². The van der Waals surface area contributed by atoms with Crippen LogP contribution >= 0.6 is 0 Å². The fourth-order valence-corrected chi connectivity index (χ4v) is 2.41. The largest absolute Gasteiger partial charge is 0.378 e. The summed E-state index contributed by atoms with van der Waals surface area (Å²) in [5.41, 5.74) is 0. The molecule has 6 nitrogen and oxygen atoms in total. The molecule has 6 heteroatoms. The molecule has 1 aliphatic heterocycles. The van der Waals surface area contributed by atoms with Crippen LogP contribution in [-0.2, 0) is 9.53 Å². The third kappa shape index (κ3) is 3.58. The van der Waals surface area contributed by atoms with Gasteiger partial charge >= 0.3 is 0 Å². The van der Waals surface area contributed by atoms with Crippen molar-refractivity contribution in [1.29, 1.82) is 0 Å². The molecule has 3 atom stereocenters. The Balaban J connectivity index is 1.86. The zero-order chi connectivity index (χ0) is 14.5. The molecule has 3 unspecified atom stereocenters. The summed E-state index contributed by atoms with van der Waals surface area (Å²) in [7, 11) is 0. The number of amides is 1. The topological polar surface area (TPSA) is 59.4 Å². The molecule has 1 N–H and O–H groups in total. The standard InChI is InChI=1S/C14H24N4O2/c1-11(13(3)18-6-4-5-15-18)16-12(2)14(19)17-7-9-20-10-8-17/h4-6,11-13,16H,7-10H2,1-3H3. The molecule has 1 aliphatic rings. The first kappa shape index (κ1) is 15.0. The van der Waals surface area contributed by atoms with Gasteiger partial charge < -0.3 is 15.0 Å². The lowest BCUT2D eigenvalue weighted by molar-refractivity contribution is -0.137. The maximum Gasteiger partial charge on any atom is 0.239 e. The van der Waals surface area contributed by atoms with E-state index in [2.05, 4.69) is 24.3 Å². The maximum atomic E-state index is 12.3. The van der Waals surface area contributed by atoms with Gasteiger partial charge in [-0.2, -0.15) is 5.10 Å². The Labute approximate surface area is 120 Å². The number of hydrogen-bond acceptors (Lipinski definition) is 4. The van der Waals surface area contributed by atoms with Crippen molar-refractivity contribution in [3.63, 3.8) is 0 Å². The van der Waals surface area contributed by atoms with Crippen molar-refractivity contribution in [2.24, 2.45) is 0 Å². The molecule has 112 valence electrons. The molecule has 20 heavy (non-hydrogen) atoms. The van der Waals surface area contributed by atoms with Gasteiger partial charge in [-0.25, -0.2) is 0 Å². The minimum atomic E-state index is -0.193. The molecule has 0 aromatic carbocycles. The Hall–Kier alpha value is -1.40. The van der Waals surface area contributed by atoms with Crippen LogP contribution in [0.3, 0.4) is 0 Å². The lowest BCUT2D eigenvalue weighted by Crippen LogP contribution is -2.52. The summed E-state index contributed by atoms with van der Waals surface area (Å²) in [5, 5.41) is 7.62. The zero-order valence-electron chi connectivity index (χ0n) is 12.5. The molecule has 1 amide bonds. The number of carbonyl (C=O) groups excluding carboxylic acids is 1. The molecule has 1 aromatic rings. The van der Waals surface area contributed by atoms with Crippen LogP contribution in [-0.4, -0.2) is 59.0 Å². The average Bonchev–Trinajstić information content (AvgIpc) is 3.00. The number of carbonyl (C=O) groups is 1. The second-order valence-corrected chi connectivity index (χ2v) is 5.34. The molecule has 2 heterocycles. The highest BCUT2D eigenvalue weighted by Crippen LogP contribution is 2.10. The van der Waals surface area contributed by atoms with E-state index in [-0.39, 0.29) is 24.0 Å². The second kappa shape index (κ2) is 6.85. The number of nitrogens with one attached hydrogen (secondary N) is 1. The Morgan fingerprint density at radius 2 is 2.00 bits per heavy atom. The highest BCUT2D eigenvalue weighted by atomic mass is 16.5. The number of ether oxygens (including phenoxy) is 1. The van der Waals surface area contributed by atoms with Crippen LogP contribution in [0.2, 0.25) is 0 Å². The lowest BCUT2D eigenvalue weighted by atomic mass is 10.1. The van der Waals surface area contributed by atoms with Crippen molar-refractivity contribution >= 4 is 5.91 Å². The van der Waals surface area contributed by atoms with Crippen molar-refractivity contribution in [1.82, 2.24) is 20.0 Å². The predicted molar refractivity (Wildman–Crippen MR) is 76.4 cm³/mol. The van der Waals surface area contributed by atoms with E-state index < -0.39 is 0 Å². The Kier molecular flexibility index (Phi) is 5.14.